The SMILES string of the molecule is COc1cc(CNC(=N)c2ccc(OC(F)(F)F)cc2)cc(OC)c1. The monoisotopic (exact) mass is 354 g/mol. The molecule has 0 aromatic heterocycles. The molecule has 0 spiro atoms. The first-order chi connectivity index (χ1) is 11.8. The van der Waals surface area contributed by atoms with Crippen molar-refractivity contribution in [3.8, 4) is 17.2 Å². The van der Waals surface area contributed by atoms with Crippen LogP contribution in [0.2, 0.25) is 0 Å². The van der Waals surface area contributed by atoms with Gasteiger partial charge in [-0.2, -0.15) is 0 Å². The normalized spacial score (nSPS) is 10.9. The number of halogens is 3. The van der Waals surface area contributed by atoms with Gasteiger partial charge in [-0.25, -0.2) is 0 Å². The molecule has 5 nitrogen and oxygen atoms in total. The second-order valence-corrected chi connectivity index (χ2v) is 5.02. The van der Waals surface area contributed by atoms with E-state index in [1.54, 1.807) is 32.4 Å². The van der Waals surface area contributed by atoms with Gasteiger partial charge in [0, 0.05) is 18.2 Å². The van der Waals surface area contributed by atoms with E-state index in [0.717, 1.165) is 17.7 Å². The molecule has 0 radical (unpaired) electrons. The first-order valence-electron chi connectivity index (χ1n) is 7.21. The van der Waals surface area contributed by atoms with Gasteiger partial charge in [-0.3, -0.25) is 5.41 Å². The topological polar surface area (TPSA) is 63.6 Å². The molecular weight excluding hydrogens is 337 g/mol. The molecule has 0 aliphatic heterocycles. The highest BCUT2D eigenvalue weighted by molar-refractivity contribution is 5.96. The van der Waals surface area contributed by atoms with Gasteiger partial charge in [0.25, 0.3) is 0 Å². The van der Waals surface area contributed by atoms with E-state index in [1.165, 1.54) is 12.1 Å². The second-order valence-electron chi connectivity index (χ2n) is 5.02. The molecule has 2 aromatic carbocycles. The Morgan fingerprint density at radius 1 is 0.960 bits per heavy atom. The van der Waals surface area contributed by atoms with Crippen LogP contribution in [-0.4, -0.2) is 26.4 Å². The van der Waals surface area contributed by atoms with E-state index in [1.807, 2.05) is 0 Å². The number of hydrogen-bond donors (Lipinski definition) is 2. The third kappa shape index (κ3) is 5.59. The minimum absolute atomic E-state index is 0.0698. The summed E-state index contributed by atoms with van der Waals surface area (Å²) in [4.78, 5) is 0. The van der Waals surface area contributed by atoms with Gasteiger partial charge in [0.1, 0.15) is 23.1 Å². The zero-order chi connectivity index (χ0) is 18.4. The van der Waals surface area contributed by atoms with Crippen molar-refractivity contribution in [2.45, 2.75) is 12.9 Å². The second kappa shape index (κ2) is 7.78. The highest BCUT2D eigenvalue weighted by Gasteiger charge is 2.30. The molecule has 0 aliphatic rings. The Hall–Kier alpha value is -2.90. The van der Waals surface area contributed by atoms with E-state index in [-0.39, 0.29) is 11.6 Å². The van der Waals surface area contributed by atoms with Crippen LogP contribution in [0.1, 0.15) is 11.1 Å². The Labute approximate surface area is 142 Å². The summed E-state index contributed by atoms with van der Waals surface area (Å²) in [7, 11) is 3.08. The number of benzene rings is 2. The molecule has 0 bridgehead atoms. The van der Waals surface area contributed by atoms with Crippen LogP contribution in [-0.2, 0) is 6.54 Å². The van der Waals surface area contributed by atoms with Crippen LogP contribution in [0.4, 0.5) is 13.2 Å². The van der Waals surface area contributed by atoms with E-state index < -0.39 is 6.36 Å². The van der Waals surface area contributed by atoms with Crippen molar-refractivity contribution in [2.75, 3.05) is 14.2 Å². The molecule has 8 heteroatoms. The van der Waals surface area contributed by atoms with Crippen molar-refractivity contribution in [3.05, 3.63) is 53.6 Å². The highest BCUT2D eigenvalue weighted by atomic mass is 19.4. The Morgan fingerprint density at radius 2 is 1.52 bits per heavy atom. The number of amidine groups is 1. The third-order valence-corrected chi connectivity index (χ3v) is 3.26. The molecule has 0 atom stereocenters. The molecule has 0 amide bonds. The first kappa shape index (κ1) is 18.4. The molecule has 134 valence electrons. The number of ether oxygens (including phenoxy) is 3. The first-order valence-corrected chi connectivity index (χ1v) is 7.21. The van der Waals surface area contributed by atoms with Crippen molar-refractivity contribution in [1.29, 1.82) is 5.41 Å². The summed E-state index contributed by atoms with van der Waals surface area (Å²) in [6, 6.07) is 10.4. The molecule has 0 saturated heterocycles. The van der Waals surface area contributed by atoms with E-state index in [2.05, 4.69) is 10.1 Å². The van der Waals surface area contributed by atoms with Gasteiger partial charge >= 0.3 is 6.36 Å². The quantitative estimate of drug-likeness (QED) is 0.613. The van der Waals surface area contributed by atoms with Crippen molar-refractivity contribution >= 4 is 5.84 Å². The maximum Gasteiger partial charge on any atom is 0.573 e. The Balaban J connectivity index is 2.00. The molecular formula is C17H17F3N2O3. The number of rotatable bonds is 6. The molecule has 0 aliphatic carbocycles. The van der Waals surface area contributed by atoms with Gasteiger partial charge in [0.05, 0.1) is 14.2 Å². The predicted molar refractivity (Wildman–Crippen MR) is 86.3 cm³/mol. The van der Waals surface area contributed by atoms with E-state index in [0.29, 0.717) is 23.6 Å². The lowest BCUT2D eigenvalue weighted by Gasteiger charge is -2.12. The molecule has 2 rings (SSSR count). The Bertz CT molecular complexity index is 709. The van der Waals surface area contributed by atoms with Crippen LogP contribution in [0.5, 0.6) is 17.2 Å². The molecule has 2 aromatic rings. The molecule has 0 fully saturated rings. The largest absolute Gasteiger partial charge is 0.573 e. The van der Waals surface area contributed by atoms with Gasteiger partial charge in [0.15, 0.2) is 0 Å². The van der Waals surface area contributed by atoms with Gasteiger partial charge in [0.2, 0.25) is 0 Å². The van der Waals surface area contributed by atoms with Crippen LogP contribution < -0.4 is 19.5 Å². The smallest absolute Gasteiger partial charge is 0.497 e. The molecule has 2 N–H and O–H groups in total. The fourth-order valence-electron chi connectivity index (χ4n) is 2.08. The van der Waals surface area contributed by atoms with E-state index in [9.17, 15) is 13.2 Å². The van der Waals surface area contributed by atoms with Gasteiger partial charge < -0.3 is 19.5 Å². The van der Waals surface area contributed by atoms with Crippen LogP contribution in [0, 0.1) is 5.41 Å². The zero-order valence-electron chi connectivity index (χ0n) is 13.6. The summed E-state index contributed by atoms with van der Waals surface area (Å²) in [6.07, 6.45) is -4.74. The minimum Gasteiger partial charge on any atom is -0.497 e. The average Bonchev–Trinajstić information content (AvgIpc) is 2.58. The summed E-state index contributed by atoms with van der Waals surface area (Å²) >= 11 is 0. The van der Waals surface area contributed by atoms with E-state index in [4.69, 9.17) is 14.9 Å². The fourth-order valence-corrected chi connectivity index (χ4v) is 2.08. The van der Waals surface area contributed by atoms with Crippen molar-refractivity contribution in [1.82, 2.24) is 5.32 Å². The average molecular weight is 354 g/mol. The van der Waals surface area contributed by atoms with Crippen molar-refractivity contribution in [3.63, 3.8) is 0 Å². The summed E-state index contributed by atoms with van der Waals surface area (Å²) < 4.78 is 50.6. The van der Waals surface area contributed by atoms with Gasteiger partial charge in [-0.15, -0.1) is 13.2 Å². The molecule has 25 heavy (non-hydrogen) atoms. The number of alkyl halides is 3. The molecule has 0 saturated carbocycles. The van der Waals surface area contributed by atoms with Crippen molar-refractivity contribution in [2.24, 2.45) is 0 Å². The summed E-state index contributed by atoms with van der Waals surface area (Å²) in [5.74, 6) is 0.981. The lowest BCUT2D eigenvalue weighted by atomic mass is 10.1. The maximum absolute atomic E-state index is 12.1. The summed E-state index contributed by atoms with van der Waals surface area (Å²) in [5.41, 5.74) is 1.27. The van der Waals surface area contributed by atoms with Gasteiger partial charge in [-0.1, -0.05) is 0 Å². The predicted octanol–water partition coefficient (Wildman–Crippen LogP) is 3.72. The number of nitrogens with one attached hydrogen (secondary N) is 2. The van der Waals surface area contributed by atoms with E-state index >= 15 is 0 Å². The standard InChI is InChI=1S/C17H17F3N2O3/c1-23-14-7-11(8-15(9-14)24-2)10-22-16(21)12-3-5-13(6-4-12)25-17(18,19)20/h3-9H,10H2,1-2H3,(H2,21,22). The number of hydrogen-bond acceptors (Lipinski definition) is 4. The highest BCUT2D eigenvalue weighted by Crippen LogP contribution is 2.24. The molecule has 0 heterocycles. The van der Waals surface area contributed by atoms with Crippen LogP contribution in [0.3, 0.4) is 0 Å². The van der Waals surface area contributed by atoms with Crippen LogP contribution in [0.15, 0.2) is 42.5 Å². The van der Waals surface area contributed by atoms with Crippen LogP contribution in [0.25, 0.3) is 0 Å². The number of methoxy groups -OCH3 is 2. The maximum atomic E-state index is 12.1. The van der Waals surface area contributed by atoms with Crippen molar-refractivity contribution < 1.29 is 27.4 Å². The van der Waals surface area contributed by atoms with Gasteiger partial charge in [-0.05, 0) is 42.0 Å². The third-order valence-electron chi connectivity index (χ3n) is 3.26. The zero-order valence-corrected chi connectivity index (χ0v) is 13.6. The van der Waals surface area contributed by atoms with Crippen LogP contribution >= 0.6 is 0 Å². The summed E-state index contributed by atoms with van der Waals surface area (Å²) in [5, 5.41) is 10.9. The summed E-state index contributed by atoms with van der Waals surface area (Å²) in [6.45, 7) is 0.327. The fraction of sp³-hybridized carbons (Fsp3) is 0.235. The lowest BCUT2D eigenvalue weighted by Crippen LogP contribution is -2.23. The Morgan fingerprint density at radius 3 is 2.00 bits per heavy atom. The minimum atomic E-state index is -4.74. The Kier molecular flexibility index (Phi) is 5.74. The lowest BCUT2D eigenvalue weighted by molar-refractivity contribution is -0.274. The molecule has 0 unspecified atom stereocenters.